The van der Waals surface area contributed by atoms with Crippen LogP contribution in [0, 0.1) is 25.2 Å². The van der Waals surface area contributed by atoms with Crippen molar-refractivity contribution in [2.75, 3.05) is 19.6 Å². The normalized spacial score (nSPS) is 26.5. The number of carbonyl (C=O) groups is 1. The fraction of sp³-hybridized carbons (Fsp3) is 0.567. The molecular formula is C30H40N2O3. The van der Waals surface area contributed by atoms with Crippen molar-refractivity contribution in [3.63, 3.8) is 0 Å². The van der Waals surface area contributed by atoms with Gasteiger partial charge in [-0.25, -0.2) is 4.79 Å². The summed E-state index contributed by atoms with van der Waals surface area (Å²) in [6.45, 7) is 16.0. The maximum absolute atomic E-state index is 12.9. The number of alkyl carbamates (subject to hydrolysis) is 1. The molecule has 3 fully saturated rings. The van der Waals surface area contributed by atoms with E-state index in [-0.39, 0.29) is 29.8 Å². The van der Waals surface area contributed by atoms with Crippen molar-refractivity contribution >= 4 is 6.09 Å². The van der Waals surface area contributed by atoms with Gasteiger partial charge in [0, 0.05) is 6.54 Å². The summed E-state index contributed by atoms with van der Waals surface area (Å²) in [6.07, 6.45) is 3.11. The van der Waals surface area contributed by atoms with Gasteiger partial charge in [-0.3, -0.25) is 4.90 Å². The molecule has 4 aliphatic rings. The van der Waals surface area contributed by atoms with E-state index in [0.29, 0.717) is 5.92 Å². The minimum Gasteiger partial charge on any atom is -0.490 e. The zero-order chi connectivity index (χ0) is 24.9. The van der Waals surface area contributed by atoms with Crippen LogP contribution in [0.1, 0.15) is 68.8 Å². The highest BCUT2D eigenvalue weighted by atomic mass is 16.6. The molecule has 2 bridgehead atoms. The number of fused-ring (bicyclic) bond motifs is 4. The summed E-state index contributed by atoms with van der Waals surface area (Å²) in [5, 5.41) is 3.24. The number of carbonyl (C=O) groups excluding carboxylic acids is 1. The molecule has 35 heavy (non-hydrogen) atoms. The first kappa shape index (κ1) is 24.2. The minimum absolute atomic E-state index is 0.0259. The summed E-state index contributed by atoms with van der Waals surface area (Å²) in [7, 11) is 0. The van der Waals surface area contributed by atoms with Crippen molar-refractivity contribution in [3.05, 3.63) is 52.6 Å². The van der Waals surface area contributed by atoms with E-state index < -0.39 is 0 Å². The number of hydrogen-bond acceptors (Lipinski definition) is 4. The first-order valence-electron chi connectivity index (χ1n) is 13.2. The van der Waals surface area contributed by atoms with Crippen LogP contribution in [0.2, 0.25) is 0 Å². The number of rotatable bonds is 5. The molecule has 2 atom stereocenters. The van der Waals surface area contributed by atoms with Gasteiger partial charge in [0.15, 0.2) is 0 Å². The van der Waals surface area contributed by atoms with Crippen molar-refractivity contribution in [1.29, 1.82) is 0 Å². The van der Waals surface area contributed by atoms with Crippen LogP contribution in [0.25, 0.3) is 11.1 Å². The van der Waals surface area contributed by atoms with Gasteiger partial charge in [0.25, 0.3) is 0 Å². The van der Waals surface area contributed by atoms with E-state index in [4.69, 9.17) is 9.47 Å². The molecule has 0 spiro atoms. The number of piperidine rings is 3. The maximum Gasteiger partial charge on any atom is 0.407 e. The maximum atomic E-state index is 12.9. The molecule has 3 aliphatic heterocycles. The number of nitrogens with zero attached hydrogens (tertiary/aromatic N) is 1. The quantitative estimate of drug-likeness (QED) is 0.558. The molecule has 2 aromatic carbocycles. The second-order valence-electron chi connectivity index (χ2n) is 11.8. The molecule has 3 saturated heterocycles. The average molecular weight is 477 g/mol. The van der Waals surface area contributed by atoms with Gasteiger partial charge in [-0.2, -0.15) is 0 Å². The largest absolute Gasteiger partial charge is 0.490 e. The lowest BCUT2D eigenvalue weighted by atomic mass is 9.85. The molecule has 188 valence electrons. The second-order valence-corrected chi connectivity index (χ2v) is 11.8. The van der Waals surface area contributed by atoms with Gasteiger partial charge in [0.05, 0.1) is 12.1 Å². The Hall–Kier alpha value is -2.53. The fourth-order valence-corrected chi connectivity index (χ4v) is 6.38. The van der Waals surface area contributed by atoms with E-state index in [1.54, 1.807) is 0 Å². The first-order valence-corrected chi connectivity index (χ1v) is 13.2. The highest BCUT2D eigenvalue weighted by Gasteiger charge is 2.42. The standard InChI is InChI=1S/C30H40N2O3/c1-18(2)34-27-19(3)13-23(14-20(27)4)22-7-8-25-24(15-22)16-30(5,6)28(25)31-29(33)35-26-17-32-11-9-21(26)10-12-32/h7-8,13-15,18,21,26,28H,9-12,16-17H2,1-6H3,(H,31,33)/t26-,28+/m1/s1. The third-order valence-electron chi connectivity index (χ3n) is 8.15. The second kappa shape index (κ2) is 9.16. The molecule has 5 nitrogen and oxygen atoms in total. The lowest BCUT2D eigenvalue weighted by Crippen LogP contribution is -2.53. The van der Waals surface area contributed by atoms with Gasteiger partial charge < -0.3 is 14.8 Å². The molecule has 0 unspecified atom stereocenters. The van der Waals surface area contributed by atoms with Crippen LogP contribution in [0.3, 0.4) is 0 Å². The molecule has 6 rings (SSSR count). The van der Waals surface area contributed by atoms with E-state index in [0.717, 1.165) is 55.8 Å². The van der Waals surface area contributed by atoms with Gasteiger partial charge in [-0.05, 0) is 117 Å². The van der Waals surface area contributed by atoms with Crippen LogP contribution >= 0.6 is 0 Å². The Morgan fingerprint density at radius 1 is 1.06 bits per heavy atom. The monoisotopic (exact) mass is 476 g/mol. The molecule has 5 heteroatoms. The Labute approximate surface area is 210 Å². The Bertz CT molecular complexity index is 1090. The molecule has 1 amide bonds. The van der Waals surface area contributed by atoms with Gasteiger partial charge in [-0.15, -0.1) is 0 Å². The van der Waals surface area contributed by atoms with Crippen LogP contribution in [0.4, 0.5) is 4.79 Å². The van der Waals surface area contributed by atoms with Crippen LogP contribution in [0.15, 0.2) is 30.3 Å². The predicted octanol–water partition coefficient (Wildman–Crippen LogP) is 6.20. The van der Waals surface area contributed by atoms with Gasteiger partial charge in [0.1, 0.15) is 11.9 Å². The summed E-state index contributed by atoms with van der Waals surface area (Å²) in [5.41, 5.74) is 7.16. The van der Waals surface area contributed by atoms with E-state index in [1.165, 1.54) is 22.3 Å². The van der Waals surface area contributed by atoms with E-state index in [9.17, 15) is 4.79 Å². The fourth-order valence-electron chi connectivity index (χ4n) is 6.38. The van der Waals surface area contributed by atoms with E-state index in [1.807, 2.05) is 0 Å². The molecule has 2 aromatic rings. The number of amides is 1. The van der Waals surface area contributed by atoms with Crippen molar-refractivity contribution in [2.24, 2.45) is 11.3 Å². The summed E-state index contributed by atoms with van der Waals surface area (Å²) < 4.78 is 12.0. The minimum atomic E-state index is -0.272. The van der Waals surface area contributed by atoms with Crippen molar-refractivity contribution in [2.45, 2.75) is 79.1 Å². The van der Waals surface area contributed by atoms with Crippen LogP contribution < -0.4 is 10.1 Å². The Morgan fingerprint density at radius 2 is 1.74 bits per heavy atom. The molecule has 1 N–H and O–H groups in total. The molecule has 3 heterocycles. The zero-order valence-corrected chi connectivity index (χ0v) is 22.1. The summed E-state index contributed by atoms with van der Waals surface area (Å²) in [6, 6.07) is 11.1. The Morgan fingerprint density at radius 3 is 2.34 bits per heavy atom. The molecule has 0 aromatic heterocycles. The van der Waals surface area contributed by atoms with Gasteiger partial charge >= 0.3 is 6.09 Å². The van der Waals surface area contributed by atoms with Crippen molar-refractivity contribution in [3.8, 4) is 16.9 Å². The zero-order valence-electron chi connectivity index (χ0n) is 22.1. The van der Waals surface area contributed by atoms with Crippen LogP contribution in [-0.2, 0) is 11.2 Å². The SMILES string of the molecule is Cc1cc(-c2ccc3c(c2)CC(C)(C)[C@H]3NC(=O)O[C@@H]2CN3CCC2CC3)cc(C)c1OC(C)C. The van der Waals surface area contributed by atoms with Crippen molar-refractivity contribution < 1.29 is 14.3 Å². The number of nitrogens with one attached hydrogen (secondary N) is 1. The smallest absolute Gasteiger partial charge is 0.407 e. The van der Waals surface area contributed by atoms with Crippen LogP contribution in [0.5, 0.6) is 5.75 Å². The number of benzene rings is 2. The predicted molar refractivity (Wildman–Crippen MR) is 140 cm³/mol. The topological polar surface area (TPSA) is 50.8 Å². The lowest BCUT2D eigenvalue weighted by molar-refractivity contribution is -0.0348. The highest BCUT2D eigenvalue weighted by Crippen LogP contribution is 2.46. The third-order valence-corrected chi connectivity index (χ3v) is 8.15. The molecule has 0 radical (unpaired) electrons. The summed E-state index contributed by atoms with van der Waals surface area (Å²) in [4.78, 5) is 15.4. The highest BCUT2D eigenvalue weighted by molar-refractivity contribution is 5.71. The van der Waals surface area contributed by atoms with E-state index >= 15 is 0 Å². The third kappa shape index (κ3) is 4.80. The van der Waals surface area contributed by atoms with Gasteiger partial charge in [0.2, 0.25) is 0 Å². The Kier molecular flexibility index (Phi) is 6.33. The summed E-state index contributed by atoms with van der Waals surface area (Å²) >= 11 is 0. The number of aryl methyl sites for hydroxylation is 2. The van der Waals surface area contributed by atoms with Crippen molar-refractivity contribution in [1.82, 2.24) is 10.2 Å². The van der Waals surface area contributed by atoms with Crippen LogP contribution in [-0.4, -0.2) is 42.8 Å². The number of ether oxygens (including phenoxy) is 2. The molecular weight excluding hydrogens is 436 g/mol. The summed E-state index contributed by atoms with van der Waals surface area (Å²) in [5.74, 6) is 1.50. The Balaban J connectivity index is 1.34. The first-order chi connectivity index (χ1) is 16.6. The molecule has 0 saturated carbocycles. The average Bonchev–Trinajstić information content (AvgIpc) is 3.05. The lowest BCUT2D eigenvalue weighted by Gasteiger charge is -2.44. The number of hydrogen-bond donors (Lipinski definition) is 1. The van der Waals surface area contributed by atoms with E-state index in [2.05, 4.69) is 82.1 Å². The van der Waals surface area contributed by atoms with Gasteiger partial charge in [-0.1, -0.05) is 32.0 Å². The molecule has 1 aliphatic carbocycles.